The average molecular weight is 214 g/mol. The molecule has 2 heterocycles. The standard InChI is InChI=1S/C11H22N2O2/c1-12-3-5-13(6-4-12)8-10-9-15-7-2-11(10)14/h10-11,14H,2-9H2,1H3. The fraction of sp³-hybridized carbons (Fsp3) is 1.00. The fourth-order valence-corrected chi connectivity index (χ4v) is 2.32. The van der Waals surface area contributed by atoms with Gasteiger partial charge in [0.25, 0.3) is 0 Å². The number of rotatable bonds is 2. The van der Waals surface area contributed by atoms with Crippen LogP contribution in [0, 0.1) is 5.92 Å². The van der Waals surface area contributed by atoms with Crippen LogP contribution in [0.25, 0.3) is 0 Å². The third-order valence-corrected chi connectivity index (χ3v) is 3.52. The van der Waals surface area contributed by atoms with Crippen LogP contribution in [0.2, 0.25) is 0 Å². The van der Waals surface area contributed by atoms with Gasteiger partial charge in [-0.2, -0.15) is 0 Å². The monoisotopic (exact) mass is 214 g/mol. The van der Waals surface area contributed by atoms with Crippen LogP contribution in [0.4, 0.5) is 0 Å². The van der Waals surface area contributed by atoms with Crippen molar-refractivity contribution in [2.45, 2.75) is 12.5 Å². The number of aliphatic hydroxyl groups excluding tert-OH is 1. The fourth-order valence-electron chi connectivity index (χ4n) is 2.32. The van der Waals surface area contributed by atoms with Gasteiger partial charge in [-0.15, -0.1) is 0 Å². The van der Waals surface area contributed by atoms with Crippen LogP contribution >= 0.6 is 0 Å². The molecule has 0 aromatic rings. The second-order valence-corrected chi connectivity index (χ2v) is 4.79. The zero-order chi connectivity index (χ0) is 10.7. The van der Waals surface area contributed by atoms with Crippen LogP contribution in [-0.2, 0) is 4.74 Å². The van der Waals surface area contributed by atoms with Crippen molar-refractivity contribution < 1.29 is 9.84 Å². The molecule has 0 radical (unpaired) electrons. The van der Waals surface area contributed by atoms with E-state index in [9.17, 15) is 5.11 Å². The Morgan fingerprint density at radius 3 is 2.67 bits per heavy atom. The smallest absolute Gasteiger partial charge is 0.0624 e. The van der Waals surface area contributed by atoms with E-state index in [4.69, 9.17) is 4.74 Å². The Hall–Kier alpha value is -0.160. The Morgan fingerprint density at radius 2 is 2.00 bits per heavy atom. The van der Waals surface area contributed by atoms with Crippen molar-refractivity contribution >= 4 is 0 Å². The van der Waals surface area contributed by atoms with Gasteiger partial charge in [0.1, 0.15) is 0 Å². The van der Waals surface area contributed by atoms with Gasteiger partial charge < -0.3 is 19.6 Å². The highest BCUT2D eigenvalue weighted by molar-refractivity contribution is 4.78. The van der Waals surface area contributed by atoms with E-state index >= 15 is 0 Å². The zero-order valence-corrected chi connectivity index (χ0v) is 9.56. The molecule has 1 N–H and O–H groups in total. The van der Waals surface area contributed by atoms with E-state index in [-0.39, 0.29) is 6.10 Å². The van der Waals surface area contributed by atoms with E-state index < -0.39 is 0 Å². The van der Waals surface area contributed by atoms with Gasteiger partial charge in [-0.3, -0.25) is 0 Å². The third kappa shape index (κ3) is 3.14. The van der Waals surface area contributed by atoms with Crippen molar-refractivity contribution in [1.82, 2.24) is 9.80 Å². The maximum Gasteiger partial charge on any atom is 0.0624 e. The second-order valence-electron chi connectivity index (χ2n) is 4.79. The first-order valence-corrected chi connectivity index (χ1v) is 5.92. The second kappa shape index (κ2) is 5.25. The molecule has 88 valence electrons. The molecule has 2 unspecified atom stereocenters. The molecule has 2 aliphatic rings. The van der Waals surface area contributed by atoms with Gasteiger partial charge in [0.05, 0.1) is 12.7 Å². The summed E-state index contributed by atoms with van der Waals surface area (Å²) >= 11 is 0. The Kier molecular flexibility index (Phi) is 3.97. The molecule has 2 rings (SSSR count). The molecule has 4 nitrogen and oxygen atoms in total. The normalized spacial score (nSPS) is 35.6. The van der Waals surface area contributed by atoms with Crippen molar-refractivity contribution in [1.29, 1.82) is 0 Å². The van der Waals surface area contributed by atoms with Gasteiger partial charge in [0.2, 0.25) is 0 Å². The Labute approximate surface area is 91.8 Å². The predicted molar refractivity (Wildman–Crippen MR) is 58.9 cm³/mol. The van der Waals surface area contributed by atoms with Crippen molar-refractivity contribution in [2.75, 3.05) is 53.0 Å². The minimum Gasteiger partial charge on any atom is -0.393 e. The van der Waals surface area contributed by atoms with Crippen molar-refractivity contribution in [3.05, 3.63) is 0 Å². The van der Waals surface area contributed by atoms with Gasteiger partial charge in [-0.25, -0.2) is 0 Å². The van der Waals surface area contributed by atoms with E-state index in [1.807, 2.05) is 0 Å². The molecule has 2 fully saturated rings. The largest absolute Gasteiger partial charge is 0.393 e. The summed E-state index contributed by atoms with van der Waals surface area (Å²) in [5.74, 6) is 0.321. The summed E-state index contributed by atoms with van der Waals surface area (Å²) in [6.07, 6.45) is 0.650. The van der Waals surface area contributed by atoms with E-state index in [2.05, 4.69) is 16.8 Å². The molecular weight excluding hydrogens is 192 g/mol. The van der Waals surface area contributed by atoms with Crippen LogP contribution in [0.5, 0.6) is 0 Å². The van der Waals surface area contributed by atoms with Gasteiger partial charge in [0.15, 0.2) is 0 Å². The number of nitrogens with zero attached hydrogens (tertiary/aromatic N) is 2. The van der Waals surface area contributed by atoms with E-state index in [0.717, 1.165) is 52.4 Å². The zero-order valence-electron chi connectivity index (χ0n) is 9.56. The lowest BCUT2D eigenvalue weighted by Gasteiger charge is -2.37. The summed E-state index contributed by atoms with van der Waals surface area (Å²) in [6, 6.07) is 0. The van der Waals surface area contributed by atoms with Gasteiger partial charge in [0, 0.05) is 45.2 Å². The minimum absolute atomic E-state index is 0.154. The van der Waals surface area contributed by atoms with Crippen molar-refractivity contribution in [3.8, 4) is 0 Å². The summed E-state index contributed by atoms with van der Waals surface area (Å²) in [5, 5.41) is 9.83. The van der Waals surface area contributed by atoms with Gasteiger partial charge >= 0.3 is 0 Å². The molecule has 2 saturated heterocycles. The van der Waals surface area contributed by atoms with Crippen LogP contribution in [0.3, 0.4) is 0 Å². The lowest BCUT2D eigenvalue weighted by atomic mass is 9.98. The van der Waals surface area contributed by atoms with E-state index in [1.54, 1.807) is 0 Å². The predicted octanol–water partition coefficient (Wildman–Crippen LogP) is -0.369. The van der Waals surface area contributed by atoms with Crippen LogP contribution in [-0.4, -0.2) is 74.0 Å². The minimum atomic E-state index is -0.154. The SMILES string of the molecule is CN1CCN(CC2COCCC2O)CC1. The molecule has 2 aliphatic heterocycles. The highest BCUT2D eigenvalue weighted by Crippen LogP contribution is 2.16. The first-order valence-electron chi connectivity index (χ1n) is 5.92. The Balaban J connectivity index is 1.75. The van der Waals surface area contributed by atoms with Crippen molar-refractivity contribution in [2.24, 2.45) is 5.92 Å². The lowest BCUT2D eigenvalue weighted by Crippen LogP contribution is -2.49. The molecular formula is C11H22N2O2. The van der Waals surface area contributed by atoms with Crippen LogP contribution in [0.1, 0.15) is 6.42 Å². The molecule has 0 amide bonds. The summed E-state index contributed by atoms with van der Waals surface area (Å²) in [7, 11) is 2.16. The third-order valence-electron chi connectivity index (χ3n) is 3.52. The molecule has 0 bridgehead atoms. The highest BCUT2D eigenvalue weighted by atomic mass is 16.5. The average Bonchev–Trinajstić information content (AvgIpc) is 2.25. The molecule has 0 spiro atoms. The molecule has 0 saturated carbocycles. The van der Waals surface area contributed by atoms with Crippen LogP contribution < -0.4 is 0 Å². The van der Waals surface area contributed by atoms with E-state index in [0.29, 0.717) is 5.92 Å². The summed E-state index contributed by atoms with van der Waals surface area (Å²) in [5.41, 5.74) is 0. The topological polar surface area (TPSA) is 35.9 Å². The van der Waals surface area contributed by atoms with Crippen LogP contribution in [0.15, 0.2) is 0 Å². The molecule has 15 heavy (non-hydrogen) atoms. The highest BCUT2D eigenvalue weighted by Gasteiger charge is 2.26. The summed E-state index contributed by atoms with van der Waals surface area (Å²) in [4.78, 5) is 4.80. The van der Waals surface area contributed by atoms with Gasteiger partial charge in [-0.05, 0) is 13.5 Å². The number of ether oxygens (including phenoxy) is 1. The first kappa shape index (κ1) is 11.3. The maximum atomic E-state index is 9.83. The maximum absolute atomic E-state index is 9.83. The molecule has 2 atom stereocenters. The van der Waals surface area contributed by atoms with E-state index in [1.165, 1.54) is 0 Å². The lowest BCUT2D eigenvalue weighted by molar-refractivity contribution is -0.0496. The van der Waals surface area contributed by atoms with Gasteiger partial charge in [-0.1, -0.05) is 0 Å². The number of hydrogen-bond acceptors (Lipinski definition) is 4. The number of aliphatic hydroxyl groups is 1. The summed E-state index contributed by atoms with van der Waals surface area (Å²) < 4.78 is 5.42. The number of likely N-dealkylation sites (N-methyl/N-ethyl adjacent to an activating group) is 1. The summed E-state index contributed by atoms with van der Waals surface area (Å²) in [6.45, 7) is 6.98. The molecule has 0 aromatic heterocycles. The Bertz CT molecular complexity index is 193. The number of piperazine rings is 1. The Morgan fingerprint density at radius 1 is 1.27 bits per heavy atom. The quantitative estimate of drug-likeness (QED) is 0.680. The first-order chi connectivity index (χ1) is 7.25. The molecule has 0 aromatic carbocycles. The number of hydrogen-bond donors (Lipinski definition) is 1. The van der Waals surface area contributed by atoms with Crippen molar-refractivity contribution in [3.63, 3.8) is 0 Å². The molecule has 4 heteroatoms. The molecule has 0 aliphatic carbocycles.